The van der Waals surface area contributed by atoms with Crippen LogP contribution < -0.4 is 11.3 Å². The summed E-state index contributed by atoms with van der Waals surface area (Å²) in [5.41, 5.74) is 3.57. The molecule has 3 N–H and O–H groups in total. The van der Waals surface area contributed by atoms with E-state index < -0.39 is 0 Å². The number of fused-ring (bicyclic) bond motifs is 1. The van der Waals surface area contributed by atoms with Crippen LogP contribution >= 0.6 is 0 Å². The molecule has 0 aliphatic heterocycles. The number of benzene rings is 1. The topological polar surface area (TPSA) is 86.1 Å². The molecular formula is C14H14N4O2. The van der Waals surface area contributed by atoms with Crippen LogP contribution in [0, 0.1) is 6.92 Å². The van der Waals surface area contributed by atoms with E-state index in [9.17, 15) is 4.79 Å². The molecule has 0 atom stereocenters. The van der Waals surface area contributed by atoms with Gasteiger partial charge in [-0.15, -0.1) is 0 Å². The Morgan fingerprint density at radius 2 is 2.25 bits per heavy atom. The van der Waals surface area contributed by atoms with Crippen molar-refractivity contribution in [2.45, 2.75) is 13.5 Å². The van der Waals surface area contributed by atoms with Crippen molar-refractivity contribution < 1.29 is 9.21 Å². The highest BCUT2D eigenvalue weighted by molar-refractivity contribution is 5.94. The van der Waals surface area contributed by atoms with Crippen molar-refractivity contribution in [1.29, 1.82) is 0 Å². The monoisotopic (exact) mass is 270 g/mol. The standard InChI is InChI=1S/C14H14N4O2/c1-9-12(14(19)17-15)6-11(20-9)8-18-13-5-3-2-4-10(13)7-16-18/h2-7H,8,15H2,1H3,(H,17,19). The lowest BCUT2D eigenvalue weighted by Gasteiger charge is -2.00. The molecule has 0 saturated heterocycles. The minimum absolute atomic E-state index is 0.358. The number of aryl methyl sites for hydroxylation is 1. The normalized spacial score (nSPS) is 10.9. The van der Waals surface area contributed by atoms with E-state index >= 15 is 0 Å². The molecule has 1 aromatic carbocycles. The molecule has 6 heteroatoms. The summed E-state index contributed by atoms with van der Waals surface area (Å²) in [4.78, 5) is 11.5. The second-order valence-electron chi connectivity index (χ2n) is 4.52. The van der Waals surface area contributed by atoms with Crippen LogP contribution in [0.4, 0.5) is 0 Å². The van der Waals surface area contributed by atoms with Crippen LogP contribution in [0.15, 0.2) is 40.9 Å². The molecule has 3 rings (SSSR count). The summed E-state index contributed by atoms with van der Waals surface area (Å²) in [6.45, 7) is 2.20. The lowest BCUT2D eigenvalue weighted by molar-refractivity contribution is 0.0952. The van der Waals surface area contributed by atoms with Gasteiger partial charge >= 0.3 is 0 Å². The zero-order valence-electron chi connectivity index (χ0n) is 11.0. The van der Waals surface area contributed by atoms with Gasteiger partial charge in [0.1, 0.15) is 11.5 Å². The lowest BCUT2D eigenvalue weighted by atomic mass is 10.2. The average molecular weight is 270 g/mol. The molecule has 0 spiro atoms. The van der Waals surface area contributed by atoms with Crippen molar-refractivity contribution in [3.8, 4) is 0 Å². The lowest BCUT2D eigenvalue weighted by Crippen LogP contribution is -2.30. The number of hydrogen-bond acceptors (Lipinski definition) is 4. The Balaban J connectivity index is 1.93. The second kappa shape index (κ2) is 4.82. The molecule has 0 aliphatic rings. The summed E-state index contributed by atoms with van der Waals surface area (Å²) in [5.74, 6) is 5.98. The Morgan fingerprint density at radius 1 is 1.45 bits per heavy atom. The van der Waals surface area contributed by atoms with Crippen molar-refractivity contribution in [2.75, 3.05) is 0 Å². The van der Waals surface area contributed by atoms with Crippen molar-refractivity contribution >= 4 is 16.8 Å². The number of furan rings is 1. The maximum Gasteiger partial charge on any atom is 0.268 e. The van der Waals surface area contributed by atoms with Crippen LogP contribution in [-0.4, -0.2) is 15.7 Å². The highest BCUT2D eigenvalue weighted by Crippen LogP contribution is 2.18. The minimum atomic E-state index is -0.358. The summed E-state index contributed by atoms with van der Waals surface area (Å²) in [6, 6.07) is 9.61. The number of aromatic nitrogens is 2. The predicted molar refractivity (Wildman–Crippen MR) is 73.9 cm³/mol. The van der Waals surface area contributed by atoms with E-state index in [-0.39, 0.29) is 5.91 Å². The Bertz CT molecular complexity index is 772. The SMILES string of the molecule is Cc1oc(Cn2ncc3ccccc32)cc1C(=O)NN. The van der Waals surface area contributed by atoms with Crippen LogP contribution in [0.1, 0.15) is 21.9 Å². The fraction of sp³-hybridized carbons (Fsp3) is 0.143. The van der Waals surface area contributed by atoms with Crippen molar-refractivity contribution in [2.24, 2.45) is 5.84 Å². The highest BCUT2D eigenvalue weighted by Gasteiger charge is 2.14. The molecule has 0 unspecified atom stereocenters. The Labute approximate surface area is 115 Å². The number of carbonyl (C=O) groups excluding carboxylic acids is 1. The van der Waals surface area contributed by atoms with Gasteiger partial charge in [0.2, 0.25) is 0 Å². The Morgan fingerprint density at radius 3 is 3.05 bits per heavy atom. The van der Waals surface area contributed by atoms with E-state index in [1.807, 2.05) is 28.9 Å². The predicted octanol–water partition coefficient (Wildman–Crippen LogP) is 1.59. The van der Waals surface area contributed by atoms with Gasteiger partial charge in [-0.25, -0.2) is 5.84 Å². The van der Waals surface area contributed by atoms with Crippen molar-refractivity contribution in [3.05, 3.63) is 53.6 Å². The van der Waals surface area contributed by atoms with Crippen LogP contribution in [-0.2, 0) is 6.54 Å². The molecule has 0 radical (unpaired) electrons. The van der Waals surface area contributed by atoms with Gasteiger partial charge in [-0.05, 0) is 19.1 Å². The molecule has 2 aromatic heterocycles. The molecule has 102 valence electrons. The zero-order valence-corrected chi connectivity index (χ0v) is 11.0. The number of hydrogen-bond donors (Lipinski definition) is 2. The molecule has 6 nitrogen and oxygen atoms in total. The maximum absolute atomic E-state index is 11.5. The molecule has 0 fully saturated rings. The number of nitrogens with one attached hydrogen (secondary N) is 1. The zero-order chi connectivity index (χ0) is 14.1. The number of nitrogen functional groups attached to an aromatic ring is 1. The van der Waals surface area contributed by atoms with Crippen molar-refractivity contribution in [3.63, 3.8) is 0 Å². The van der Waals surface area contributed by atoms with Crippen LogP contribution in [0.3, 0.4) is 0 Å². The van der Waals surface area contributed by atoms with E-state index in [1.54, 1.807) is 19.2 Å². The summed E-state index contributed by atoms with van der Waals surface area (Å²) in [5, 5.41) is 5.39. The van der Waals surface area contributed by atoms with Crippen molar-refractivity contribution in [1.82, 2.24) is 15.2 Å². The first-order valence-electron chi connectivity index (χ1n) is 6.20. The first-order chi connectivity index (χ1) is 9.69. The molecular weight excluding hydrogens is 256 g/mol. The average Bonchev–Trinajstić information content (AvgIpc) is 3.03. The summed E-state index contributed by atoms with van der Waals surface area (Å²) in [6.07, 6.45) is 1.80. The largest absolute Gasteiger partial charge is 0.464 e. The number of rotatable bonds is 3. The Hall–Kier alpha value is -2.60. The molecule has 2 heterocycles. The van der Waals surface area contributed by atoms with Crippen LogP contribution in [0.5, 0.6) is 0 Å². The second-order valence-corrected chi connectivity index (χ2v) is 4.52. The van der Waals surface area contributed by atoms with Gasteiger partial charge in [0.15, 0.2) is 0 Å². The van der Waals surface area contributed by atoms with Gasteiger partial charge in [0.05, 0.1) is 23.8 Å². The third-order valence-corrected chi connectivity index (χ3v) is 3.20. The van der Waals surface area contributed by atoms with E-state index in [0.717, 1.165) is 10.9 Å². The quantitative estimate of drug-likeness (QED) is 0.430. The van der Waals surface area contributed by atoms with Gasteiger partial charge in [-0.2, -0.15) is 5.10 Å². The van der Waals surface area contributed by atoms with E-state index in [0.29, 0.717) is 23.6 Å². The molecule has 3 aromatic rings. The van der Waals surface area contributed by atoms with Crippen LogP contribution in [0.25, 0.3) is 10.9 Å². The number of hydrazine groups is 1. The smallest absolute Gasteiger partial charge is 0.268 e. The number of carbonyl (C=O) groups is 1. The van der Waals surface area contributed by atoms with Crippen LogP contribution in [0.2, 0.25) is 0 Å². The fourth-order valence-electron chi connectivity index (χ4n) is 2.22. The Kier molecular flexibility index (Phi) is 3.00. The molecule has 0 saturated carbocycles. The molecule has 0 aliphatic carbocycles. The van der Waals surface area contributed by atoms with Gasteiger partial charge < -0.3 is 4.42 Å². The fourth-order valence-corrected chi connectivity index (χ4v) is 2.22. The van der Waals surface area contributed by atoms with Gasteiger partial charge in [0.25, 0.3) is 5.91 Å². The summed E-state index contributed by atoms with van der Waals surface area (Å²) < 4.78 is 7.41. The highest BCUT2D eigenvalue weighted by atomic mass is 16.3. The maximum atomic E-state index is 11.5. The third kappa shape index (κ3) is 2.06. The summed E-state index contributed by atoms with van der Waals surface area (Å²) in [7, 11) is 0. The van der Waals surface area contributed by atoms with E-state index in [1.165, 1.54) is 0 Å². The number of para-hydroxylation sites is 1. The minimum Gasteiger partial charge on any atom is -0.464 e. The number of nitrogens with two attached hydrogens (primary N) is 1. The van der Waals surface area contributed by atoms with Gasteiger partial charge in [-0.3, -0.25) is 14.9 Å². The van der Waals surface area contributed by atoms with E-state index in [2.05, 4.69) is 10.5 Å². The summed E-state index contributed by atoms with van der Waals surface area (Å²) >= 11 is 0. The number of nitrogens with zero attached hydrogens (tertiary/aromatic N) is 2. The van der Waals surface area contributed by atoms with Gasteiger partial charge in [-0.1, -0.05) is 18.2 Å². The first kappa shape index (κ1) is 12.4. The third-order valence-electron chi connectivity index (χ3n) is 3.20. The molecule has 20 heavy (non-hydrogen) atoms. The molecule has 0 bridgehead atoms. The molecule has 1 amide bonds. The van der Waals surface area contributed by atoms with Gasteiger partial charge in [0, 0.05) is 5.39 Å². The number of amides is 1. The first-order valence-corrected chi connectivity index (χ1v) is 6.20. The van der Waals surface area contributed by atoms with E-state index in [4.69, 9.17) is 10.3 Å².